The zero-order chi connectivity index (χ0) is 26.3. The van der Waals surface area contributed by atoms with Crippen molar-refractivity contribution in [1.82, 2.24) is 4.57 Å². The second kappa shape index (κ2) is 10.1. The van der Waals surface area contributed by atoms with Gasteiger partial charge in [0.2, 0.25) is 6.79 Å². The molecule has 0 N–H and O–H groups in total. The number of halogens is 1. The van der Waals surface area contributed by atoms with Gasteiger partial charge in [-0.1, -0.05) is 41.1 Å². The number of hydrogen-bond donors (Lipinski definition) is 0. The zero-order valence-electron chi connectivity index (χ0n) is 20.7. The fraction of sp³-hybridized carbons (Fsp3) is 0.296. The van der Waals surface area contributed by atoms with E-state index in [1.54, 1.807) is 32.1 Å². The number of fused-ring (bicyclic) bond motifs is 2. The van der Waals surface area contributed by atoms with Crippen LogP contribution in [0.2, 0.25) is 5.02 Å². The molecule has 1 atom stereocenters. The number of nitrogens with zero attached hydrogens (tertiary/aromatic N) is 2. The van der Waals surface area contributed by atoms with Gasteiger partial charge in [-0.2, -0.15) is 0 Å². The van der Waals surface area contributed by atoms with E-state index >= 15 is 0 Å². The largest absolute Gasteiger partial charge is 0.491 e. The van der Waals surface area contributed by atoms with Crippen molar-refractivity contribution in [1.29, 1.82) is 0 Å². The summed E-state index contributed by atoms with van der Waals surface area (Å²) in [6.45, 7) is 7.64. The minimum Gasteiger partial charge on any atom is -0.491 e. The lowest BCUT2D eigenvalue weighted by molar-refractivity contribution is -0.139. The molecule has 0 amide bonds. The minimum absolute atomic E-state index is 0.110. The van der Waals surface area contributed by atoms with E-state index in [0.29, 0.717) is 54.0 Å². The van der Waals surface area contributed by atoms with E-state index in [4.69, 9.17) is 30.5 Å². The summed E-state index contributed by atoms with van der Waals surface area (Å²) in [5.41, 5.74) is 1.74. The molecule has 0 aliphatic carbocycles. The molecule has 2 aliphatic heterocycles. The maximum atomic E-state index is 13.9. The van der Waals surface area contributed by atoms with Gasteiger partial charge in [-0.3, -0.25) is 9.36 Å². The highest BCUT2D eigenvalue weighted by Crippen LogP contribution is 2.38. The van der Waals surface area contributed by atoms with E-state index in [1.165, 1.54) is 15.9 Å². The Morgan fingerprint density at radius 3 is 2.73 bits per heavy atom. The van der Waals surface area contributed by atoms with Gasteiger partial charge in [-0.05, 0) is 51.5 Å². The molecule has 0 saturated heterocycles. The molecule has 0 radical (unpaired) electrons. The van der Waals surface area contributed by atoms with Gasteiger partial charge in [0.15, 0.2) is 16.3 Å². The first-order valence-electron chi connectivity index (χ1n) is 11.8. The number of thiazole rings is 1. The van der Waals surface area contributed by atoms with Crippen LogP contribution in [0.25, 0.3) is 6.08 Å². The standard InChI is InChI=1S/C27H25ClN2O6S/c1-5-33-26(32)23-15(4)29-27-30(24(23)17-8-6-7-9-19(17)36-14(2)3)25(31)22(37-27)11-16-10-20-21(12-18(16)28)35-13-34-20/h6-12,14,24H,5,13H2,1-4H3/b22-11-. The van der Waals surface area contributed by atoms with Crippen LogP contribution in [-0.4, -0.2) is 30.0 Å². The van der Waals surface area contributed by atoms with E-state index in [0.717, 1.165) is 0 Å². The number of hydrogen-bond acceptors (Lipinski definition) is 8. The molecule has 1 aromatic heterocycles. The summed E-state index contributed by atoms with van der Waals surface area (Å²) in [4.78, 5) is 32.1. The third-order valence-corrected chi connectivity index (χ3v) is 7.18. The molecule has 0 fully saturated rings. The van der Waals surface area contributed by atoms with Crippen molar-refractivity contribution in [2.24, 2.45) is 4.99 Å². The first kappa shape index (κ1) is 25.1. The maximum absolute atomic E-state index is 13.9. The number of allylic oxidation sites excluding steroid dienone is 1. The van der Waals surface area contributed by atoms with E-state index in [1.807, 2.05) is 38.1 Å². The van der Waals surface area contributed by atoms with Gasteiger partial charge in [0.05, 0.1) is 33.5 Å². The molecule has 0 spiro atoms. The summed E-state index contributed by atoms with van der Waals surface area (Å²) in [5.74, 6) is 1.16. The lowest BCUT2D eigenvalue weighted by Gasteiger charge is -2.26. The van der Waals surface area contributed by atoms with Gasteiger partial charge in [-0.15, -0.1) is 0 Å². The second-order valence-electron chi connectivity index (χ2n) is 8.73. The van der Waals surface area contributed by atoms with Gasteiger partial charge in [0, 0.05) is 11.6 Å². The molecule has 2 aliphatic rings. The number of ether oxygens (including phenoxy) is 4. The summed E-state index contributed by atoms with van der Waals surface area (Å²) in [7, 11) is 0. The highest BCUT2D eigenvalue weighted by Gasteiger charge is 2.35. The Morgan fingerprint density at radius 1 is 1.27 bits per heavy atom. The number of carbonyl (C=O) groups excluding carboxylic acids is 1. The van der Waals surface area contributed by atoms with Crippen molar-refractivity contribution in [3.8, 4) is 17.2 Å². The summed E-state index contributed by atoms with van der Waals surface area (Å²) >= 11 is 7.69. The van der Waals surface area contributed by atoms with Crippen molar-refractivity contribution in [3.05, 3.63) is 83.5 Å². The van der Waals surface area contributed by atoms with Crippen LogP contribution in [0, 0.1) is 0 Å². The first-order valence-corrected chi connectivity index (χ1v) is 13.0. The SMILES string of the molecule is CCOC(=O)C1=C(C)N=c2s/c(=C\c3cc4c(cc3Cl)OCO4)c(=O)n2C1c1ccccc1OC(C)C. The van der Waals surface area contributed by atoms with E-state index in [-0.39, 0.29) is 25.1 Å². The molecular weight excluding hydrogens is 516 g/mol. The maximum Gasteiger partial charge on any atom is 0.338 e. The van der Waals surface area contributed by atoms with Gasteiger partial charge in [0.25, 0.3) is 5.56 Å². The minimum atomic E-state index is -0.778. The van der Waals surface area contributed by atoms with Gasteiger partial charge >= 0.3 is 5.97 Å². The van der Waals surface area contributed by atoms with Gasteiger partial charge < -0.3 is 18.9 Å². The number of benzene rings is 2. The third kappa shape index (κ3) is 4.65. The molecule has 192 valence electrons. The molecular formula is C27H25ClN2O6S. The third-order valence-electron chi connectivity index (χ3n) is 5.87. The molecule has 3 heterocycles. The fourth-order valence-electron chi connectivity index (χ4n) is 4.34. The van der Waals surface area contributed by atoms with Crippen molar-refractivity contribution >= 4 is 35.0 Å². The molecule has 37 heavy (non-hydrogen) atoms. The topological polar surface area (TPSA) is 88.4 Å². The first-order chi connectivity index (χ1) is 17.8. The number of rotatable bonds is 6. The Morgan fingerprint density at radius 2 is 2.00 bits per heavy atom. The van der Waals surface area contributed by atoms with E-state index < -0.39 is 12.0 Å². The van der Waals surface area contributed by atoms with E-state index in [9.17, 15) is 9.59 Å². The van der Waals surface area contributed by atoms with Crippen LogP contribution >= 0.6 is 22.9 Å². The molecule has 0 bridgehead atoms. The van der Waals surface area contributed by atoms with E-state index in [2.05, 4.69) is 4.99 Å². The van der Waals surface area contributed by atoms with Gasteiger partial charge in [-0.25, -0.2) is 9.79 Å². The average Bonchev–Trinajstić information content (AvgIpc) is 3.42. The summed E-state index contributed by atoms with van der Waals surface area (Å²) in [6, 6.07) is 10.0. The van der Waals surface area contributed by atoms with Crippen LogP contribution < -0.4 is 29.1 Å². The molecule has 5 rings (SSSR count). The highest BCUT2D eigenvalue weighted by atomic mass is 35.5. The Balaban J connectivity index is 1.73. The number of esters is 1. The van der Waals surface area contributed by atoms with Crippen LogP contribution in [0.15, 0.2) is 57.5 Å². The Labute approximate surface area is 222 Å². The lowest BCUT2D eigenvalue weighted by Crippen LogP contribution is -2.40. The normalized spacial score (nSPS) is 16.6. The summed E-state index contributed by atoms with van der Waals surface area (Å²) in [6.07, 6.45) is 1.59. The Hall–Kier alpha value is -3.56. The van der Waals surface area contributed by atoms with Crippen molar-refractivity contribution in [2.75, 3.05) is 13.4 Å². The summed E-state index contributed by atoms with van der Waals surface area (Å²) in [5, 5.41) is 0.422. The number of carbonyl (C=O) groups is 1. The molecule has 2 aromatic carbocycles. The predicted molar refractivity (Wildman–Crippen MR) is 140 cm³/mol. The van der Waals surface area contributed by atoms with Crippen molar-refractivity contribution < 1.29 is 23.7 Å². The second-order valence-corrected chi connectivity index (χ2v) is 10.1. The lowest BCUT2D eigenvalue weighted by atomic mass is 9.95. The molecule has 8 nitrogen and oxygen atoms in total. The Kier molecular flexibility index (Phi) is 6.83. The fourth-order valence-corrected chi connectivity index (χ4v) is 5.58. The van der Waals surface area contributed by atoms with Crippen LogP contribution in [0.1, 0.15) is 44.9 Å². The van der Waals surface area contributed by atoms with Crippen molar-refractivity contribution in [2.45, 2.75) is 39.8 Å². The van der Waals surface area contributed by atoms with Gasteiger partial charge in [0.1, 0.15) is 11.8 Å². The zero-order valence-corrected chi connectivity index (χ0v) is 22.3. The summed E-state index contributed by atoms with van der Waals surface area (Å²) < 4.78 is 24.2. The molecule has 10 heteroatoms. The predicted octanol–water partition coefficient (Wildman–Crippen LogP) is 3.97. The van der Waals surface area contributed by atoms with Crippen LogP contribution in [0.3, 0.4) is 0 Å². The number of para-hydroxylation sites is 1. The molecule has 3 aromatic rings. The monoisotopic (exact) mass is 540 g/mol. The van der Waals surface area contributed by atoms with Crippen LogP contribution in [0.5, 0.6) is 17.2 Å². The van der Waals surface area contributed by atoms with Crippen LogP contribution in [0.4, 0.5) is 0 Å². The molecule has 0 saturated carbocycles. The highest BCUT2D eigenvalue weighted by molar-refractivity contribution is 7.07. The van der Waals surface area contributed by atoms with Crippen molar-refractivity contribution in [3.63, 3.8) is 0 Å². The Bertz CT molecular complexity index is 1600. The average molecular weight is 541 g/mol. The quantitative estimate of drug-likeness (QED) is 0.440. The smallest absolute Gasteiger partial charge is 0.338 e. The molecule has 1 unspecified atom stereocenters. The van der Waals surface area contributed by atoms with Crippen LogP contribution in [-0.2, 0) is 9.53 Å². The number of aromatic nitrogens is 1.